The van der Waals surface area contributed by atoms with Gasteiger partial charge in [-0.3, -0.25) is 15.1 Å². The number of furan rings is 1. The number of aromatic nitrogens is 4. The monoisotopic (exact) mass is 948 g/mol. The standard InChI is InChI=1S/C8H16.C8H10.C7H13N.2C7H9N.C6H14N2.C6H8S.C5H8N2.C5H6O/c3*1-7-3-5-8(2)6-4-7;2*1-6-3-4-7(2)8-5-6;1-7-3-5-8(2)6-4-7;1-5-3-4-6(2)7-5;1-4-3-5(2)7-6-4;1-5-3-2-4-6-5/h7-8H,3-6H2,1-2H3;3-6H,1-2H3;3H,4-6H2,1-2H3;2*3-5H,1-2H3;3-6H2,1-2H3;3-4H,1-2H3;3H,1-2H3,(H,6,7);2-4H,1H3. The number of hydrogen-bond acceptors (Lipinski definition) is 8. The fourth-order valence-electron chi connectivity index (χ4n) is 6.40. The molecule has 0 unspecified atom stereocenters. The maximum atomic E-state index is 4.83. The Hall–Kier alpha value is -4.67. The third kappa shape index (κ3) is 34.6. The first-order chi connectivity index (χ1) is 32.2. The van der Waals surface area contributed by atoms with Crippen LogP contribution in [0, 0.1) is 88.0 Å². The van der Waals surface area contributed by atoms with Crippen molar-refractivity contribution in [1.29, 1.82) is 0 Å². The number of hydrogen-bond donors (Lipinski definition) is 1. The third-order valence-electron chi connectivity index (χ3n) is 11.4. The van der Waals surface area contributed by atoms with Crippen LogP contribution in [0.25, 0.3) is 0 Å². The zero-order chi connectivity index (χ0) is 50.9. The minimum absolute atomic E-state index is 0.968. The van der Waals surface area contributed by atoms with Gasteiger partial charge in [0, 0.05) is 78.5 Å². The number of thiophene rings is 1. The van der Waals surface area contributed by atoms with Gasteiger partial charge in [0.1, 0.15) is 5.76 Å². The molecule has 0 radical (unpaired) electrons. The van der Waals surface area contributed by atoms with Crippen LogP contribution >= 0.6 is 11.3 Å². The number of nitrogens with one attached hydrogen (secondary N) is 1. The second kappa shape index (κ2) is 36.3. The van der Waals surface area contributed by atoms with Crippen LogP contribution in [0.5, 0.6) is 0 Å². The lowest BCUT2D eigenvalue weighted by Crippen LogP contribution is -2.42. The van der Waals surface area contributed by atoms with Gasteiger partial charge < -0.3 is 19.1 Å². The van der Waals surface area contributed by atoms with Crippen LogP contribution in [-0.2, 0) is 0 Å². The highest BCUT2D eigenvalue weighted by Crippen LogP contribution is 2.27. The molecule has 68 heavy (non-hydrogen) atoms. The summed E-state index contributed by atoms with van der Waals surface area (Å²) in [6.45, 7) is 36.6. The number of nitrogens with zero attached hydrogens (tertiary/aromatic N) is 6. The lowest BCUT2D eigenvalue weighted by Gasteiger charge is -2.28. The van der Waals surface area contributed by atoms with Gasteiger partial charge in [0.05, 0.1) is 12.0 Å². The van der Waals surface area contributed by atoms with Crippen LogP contribution in [-0.4, -0.2) is 95.3 Å². The number of aryl methyl sites for hydroxylation is 11. The van der Waals surface area contributed by atoms with E-state index in [1.54, 1.807) is 11.8 Å². The number of pyridine rings is 2. The molecule has 1 N–H and O–H groups in total. The molecule has 8 nitrogen and oxygen atoms in total. The molecule has 3 aliphatic rings. The molecule has 1 aromatic carbocycles. The smallest absolute Gasteiger partial charge is 0.100 e. The quantitative estimate of drug-likeness (QED) is 0.152. The van der Waals surface area contributed by atoms with E-state index in [4.69, 9.17) is 4.42 Å². The molecular formula is C59H93N7OS. The highest BCUT2D eigenvalue weighted by Gasteiger charge is 2.13. The van der Waals surface area contributed by atoms with E-state index in [1.807, 2.05) is 103 Å². The van der Waals surface area contributed by atoms with Crippen LogP contribution in [0.1, 0.15) is 113 Å². The predicted octanol–water partition coefficient (Wildman–Crippen LogP) is 14.6. The van der Waals surface area contributed by atoms with E-state index < -0.39 is 0 Å². The molecule has 1 saturated carbocycles. The molecule has 2 fully saturated rings. The van der Waals surface area contributed by atoms with Crippen molar-refractivity contribution in [2.75, 3.05) is 60.4 Å². The first kappa shape index (κ1) is 61.3. The van der Waals surface area contributed by atoms with Crippen molar-refractivity contribution in [3.8, 4) is 0 Å². The highest BCUT2D eigenvalue weighted by atomic mass is 32.1. The summed E-state index contributed by atoms with van der Waals surface area (Å²) in [5, 5.41) is 6.71. The molecule has 7 heterocycles. The highest BCUT2D eigenvalue weighted by molar-refractivity contribution is 7.11. The van der Waals surface area contributed by atoms with Gasteiger partial charge in [-0.1, -0.05) is 98.7 Å². The van der Waals surface area contributed by atoms with E-state index in [2.05, 4.69) is 159 Å². The SMILES string of the molecule is CC1=CCN(C)CC1.CC1CCC(C)CC1.CN1CCN(C)CC1.Cc1cc(C)[nH]n1.Cc1ccc(C)cc1.Cc1ccc(C)nc1.Cc1ccc(C)nc1.Cc1ccc(C)s1.Cc1ccco1. The van der Waals surface area contributed by atoms with E-state index in [-0.39, 0.29) is 0 Å². The summed E-state index contributed by atoms with van der Waals surface area (Å²) in [7, 11) is 6.50. The van der Waals surface area contributed by atoms with Gasteiger partial charge in [0.2, 0.25) is 0 Å². The van der Waals surface area contributed by atoms with Crippen molar-refractivity contribution in [2.24, 2.45) is 11.8 Å². The Labute approximate surface area is 419 Å². The summed E-state index contributed by atoms with van der Waals surface area (Å²) in [6, 6.07) is 26.7. The van der Waals surface area contributed by atoms with E-state index in [0.29, 0.717) is 0 Å². The second-order valence-electron chi connectivity index (χ2n) is 19.2. The first-order valence-electron chi connectivity index (χ1n) is 24.7. The van der Waals surface area contributed by atoms with Crippen molar-refractivity contribution in [2.45, 2.75) is 129 Å². The maximum Gasteiger partial charge on any atom is 0.100 e. The number of aromatic amines is 1. The molecular weight excluding hydrogens is 855 g/mol. The summed E-state index contributed by atoms with van der Waals surface area (Å²) in [5.74, 6) is 3.01. The Bertz CT molecular complexity index is 1830. The number of piperazine rings is 1. The number of rotatable bonds is 0. The summed E-state index contributed by atoms with van der Waals surface area (Å²) in [4.78, 5) is 18.0. The Balaban J connectivity index is 0.000000383. The van der Waals surface area contributed by atoms with Crippen molar-refractivity contribution in [3.63, 3.8) is 0 Å². The van der Waals surface area contributed by atoms with Gasteiger partial charge in [-0.2, -0.15) is 5.10 Å². The lowest BCUT2D eigenvalue weighted by atomic mass is 9.84. The number of H-pyrrole nitrogens is 1. The lowest BCUT2D eigenvalue weighted by molar-refractivity contribution is 0.181. The minimum atomic E-state index is 0.968. The van der Waals surface area contributed by atoms with Gasteiger partial charge in [-0.25, -0.2) is 0 Å². The van der Waals surface area contributed by atoms with Gasteiger partial charge in [-0.15, -0.1) is 11.3 Å². The fraction of sp³-hybridized carbons (Fsp3) is 0.508. The summed E-state index contributed by atoms with van der Waals surface area (Å²) >= 11 is 1.84. The third-order valence-corrected chi connectivity index (χ3v) is 12.3. The zero-order valence-electron chi connectivity index (χ0n) is 45.7. The van der Waals surface area contributed by atoms with E-state index in [1.165, 1.54) is 96.8 Å². The molecule has 0 bridgehead atoms. The maximum absolute atomic E-state index is 4.83. The van der Waals surface area contributed by atoms with E-state index in [0.717, 1.165) is 46.9 Å². The van der Waals surface area contributed by atoms with Crippen molar-refractivity contribution in [3.05, 3.63) is 170 Å². The van der Waals surface area contributed by atoms with Crippen LogP contribution in [0.4, 0.5) is 0 Å². The molecule has 9 heteroatoms. The van der Waals surface area contributed by atoms with Crippen LogP contribution in [0.3, 0.4) is 0 Å². The number of likely N-dealkylation sites (N-methyl/N-ethyl adjacent to an activating group) is 3. The van der Waals surface area contributed by atoms with E-state index >= 15 is 0 Å². The van der Waals surface area contributed by atoms with Crippen molar-refractivity contribution >= 4 is 11.3 Å². The normalized spacial score (nSPS) is 16.5. The molecule has 376 valence electrons. The van der Waals surface area contributed by atoms with Crippen LogP contribution in [0.15, 0.2) is 114 Å². The van der Waals surface area contributed by atoms with Gasteiger partial charge in [0.25, 0.3) is 0 Å². The molecule has 1 saturated heterocycles. The van der Waals surface area contributed by atoms with Gasteiger partial charge >= 0.3 is 0 Å². The topological polar surface area (TPSA) is 77.3 Å². The molecule has 6 aromatic rings. The van der Waals surface area contributed by atoms with Crippen LogP contribution in [0.2, 0.25) is 0 Å². The second-order valence-corrected chi connectivity index (χ2v) is 20.7. The van der Waals surface area contributed by atoms with Gasteiger partial charge in [0.15, 0.2) is 0 Å². The molecule has 9 rings (SSSR count). The van der Waals surface area contributed by atoms with Crippen LogP contribution < -0.4 is 0 Å². The Morgan fingerprint density at radius 2 is 0.971 bits per heavy atom. The molecule has 0 spiro atoms. The zero-order valence-corrected chi connectivity index (χ0v) is 46.6. The predicted molar refractivity (Wildman–Crippen MR) is 296 cm³/mol. The molecule has 2 aliphatic heterocycles. The largest absolute Gasteiger partial charge is 0.470 e. The van der Waals surface area contributed by atoms with E-state index in [9.17, 15) is 0 Å². The molecule has 5 aromatic heterocycles. The average molecular weight is 949 g/mol. The first-order valence-corrected chi connectivity index (χ1v) is 25.6. The molecule has 0 atom stereocenters. The van der Waals surface area contributed by atoms with Crippen molar-refractivity contribution in [1.82, 2.24) is 34.9 Å². The Morgan fingerprint density at radius 3 is 1.19 bits per heavy atom. The summed E-state index contributed by atoms with van der Waals surface area (Å²) < 4.78 is 4.83. The molecule has 1 aliphatic carbocycles. The van der Waals surface area contributed by atoms with Crippen molar-refractivity contribution < 1.29 is 4.42 Å². The number of benzene rings is 1. The summed E-state index contributed by atoms with van der Waals surface area (Å²) in [6.07, 6.45) is 14.9. The fourth-order valence-corrected chi connectivity index (χ4v) is 7.18. The summed E-state index contributed by atoms with van der Waals surface area (Å²) in [5.41, 5.74) is 11.0. The Kier molecular flexibility index (Phi) is 32.8. The Morgan fingerprint density at radius 1 is 0.529 bits per heavy atom. The minimum Gasteiger partial charge on any atom is -0.470 e. The molecule has 0 amide bonds. The van der Waals surface area contributed by atoms with Gasteiger partial charge in [-0.05, 0) is 176 Å². The average Bonchev–Trinajstić information content (AvgIpc) is 4.07.